The van der Waals surface area contributed by atoms with Crippen LogP contribution >= 0.6 is 11.6 Å². The van der Waals surface area contributed by atoms with Crippen molar-refractivity contribution < 1.29 is 8.42 Å². The maximum Gasteiger partial charge on any atom is 0.211 e. The van der Waals surface area contributed by atoms with Crippen LogP contribution in [0.5, 0.6) is 0 Å². The Morgan fingerprint density at radius 3 is 2.71 bits per heavy atom. The third-order valence-corrected chi connectivity index (χ3v) is 3.46. The fourth-order valence-corrected chi connectivity index (χ4v) is 1.97. The van der Waals surface area contributed by atoms with Gasteiger partial charge in [0.15, 0.2) is 0 Å². The molecule has 3 nitrogen and oxygen atoms in total. The first-order valence-electron chi connectivity index (χ1n) is 4.19. The van der Waals surface area contributed by atoms with E-state index in [0.29, 0.717) is 11.4 Å². The lowest BCUT2D eigenvalue weighted by Gasteiger charge is -2.02. The van der Waals surface area contributed by atoms with E-state index in [4.69, 9.17) is 11.6 Å². The molecule has 1 aromatic rings. The second-order valence-electron chi connectivity index (χ2n) is 2.90. The molecule has 1 rings (SSSR count). The van der Waals surface area contributed by atoms with Gasteiger partial charge in [-0.25, -0.2) is 13.1 Å². The molecule has 0 amide bonds. The van der Waals surface area contributed by atoms with E-state index in [0.717, 1.165) is 5.56 Å². The predicted octanol–water partition coefficient (Wildman–Crippen LogP) is 1.43. The monoisotopic (exact) mass is 233 g/mol. The Kier molecular flexibility index (Phi) is 3.92. The summed E-state index contributed by atoms with van der Waals surface area (Å²) in [5.41, 5.74) is 0.927. The molecule has 0 bridgehead atoms. The van der Waals surface area contributed by atoms with Crippen molar-refractivity contribution in [3.63, 3.8) is 0 Å². The van der Waals surface area contributed by atoms with Crippen LogP contribution in [0, 0.1) is 0 Å². The second-order valence-corrected chi connectivity index (χ2v) is 5.39. The van der Waals surface area contributed by atoms with E-state index < -0.39 is 10.0 Å². The minimum atomic E-state index is -3.12. The normalized spacial score (nSPS) is 11.6. The van der Waals surface area contributed by atoms with Crippen molar-refractivity contribution in [2.45, 2.75) is 6.42 Å². The maximum atomic E-state index is 11.1. The molecule has 0 aliphatic carbocycles. The number of hydrogen-bond acceptors (Lipinski definition) is 2. The van der Waals surface area contributed by atoms with Crippen LogP contribution in [0.15, 0.2) is 24.3 Å². The summed E-state index contributed by atoms with van der Waals surface area (Å²) in [6.07, 6.45) is 0.476. The summed E-state index contributed by atoms with van der Waals surface area (Å²) in [6.45, 7) is 0. The Morgan fingerprint density at radius 1 is 1.43 bits per heavy atom. The number of aryl methyl sites for hydroxylation is 1. The standard InChI is InChI=1S/C9H12ClNO2S/c1-11-14(12,13)6-5-8-3-2-4-9(10)7-8/h2-4,7,11H,5-6H2,1H3. The lowest BCUT2D eigenvalue weighted by Crippen LogP contribution is -2.23. The zero-order valence-electron chi connectivity index (χ0n) is 7.83. The van der Waals surface area contributed by atoms with Crippen LogP contribution in [0.2, 0.25) is 5.02 Å². The summed E-state index contributed by atoms with van der Waals surface area (Å²) >= 11 is 5.76. The zero-order chi connectivity index (χ0) is 10.6. The van der Waals surface area contributed by atoms with Gasteiger partial charge in [-0.3, -0.25) is 0 Å². The van der Waals surface area contributed by atoms with Crippen LogP contribution in [0.3, 0.4) is 0 Å². The Labute approximate surface area is 89.1 Å². The Hall–Kier alpha value is -0.580. The summed E-state index contributed by atoms with van der Waals surface area (Å²) in [7, 11) is -1.71. The lowest BCUT2D eigenvalue weighted by molar-refractivity contribution is 0.587. The molecule has 0 unspecified atom stereocenters. The summed E-state index contributed by atoms with van der Waals surface area (Å²) in [6, 6.07) is 7.20. The van der Waals surface area contributed by atoms with Gasteiger partial charge in [-0.15, -0.1) is 0 Å². The number of rotatable bonds is 4. The number of benzene rings is 1. The van der Waals surface area contributed by atoms with Crippen molar-refractivity contribution in [3.8, 4) is 0 Å². The van der Waals surface area contributed by atoms with Gasteiger partial charge in [0.25, 0.3) is 0 Å². The van der Waals surface area contributed by atoms with Gasteiger partial charge in [-0.2, -0.15) is 0 Å². The van der Waals surface area contributed by atoms with Crippen molar-refractivity contribution in [2.24, 2.45) is 0 Å². The molecule has 0 heterocycles. The predicted molar refractivity (Wildman–Crippen MR) is 58.0 cm³/mol. The molecule has 0 radical (unpaired) electrons. The molecule has 0 saturated carbocycles. The van der Waals surface area contributed by atoms with E-state index in [9.17, 15) is 8.42 Å². The molecule has 0 spiro atoms. The van der Waals surface area contributed by atoms with E-state index in [2.05, 4.69) is 4.72 Å². The minimum Gasteiger partial charge on any atom is -0.218 e. The zero-order valence-corrected chi connectivity index (χ0v) is 9.40. The molecule has 0 aliphatic heterocycles. The van der Waals surface area contributed by atoms with E-state index in [-0.39, 0.29) is 5.75 Å². The van der Waals surface area contributed by atoms with Crippen LogP contribution in [0.25, 0.3) is 0 Å². The van der Waals surface area contributed by atoms with Gasteiger partial charge in [-0.05, 0) is 31.2 Å². The highest BCUT2D eigenvalue weighted by Gasteiger charge is 2.06. The lowest BCUT2D eigenvalue weighted by atomic mass is 10.2. The Bertz CT molecular complexity index is 403. The van der Waals surface area contributed by atoms with E-state index >= 15 is 0 Å². The van der Waals surface area contributed by atoms with E-state index in [1.807, 2.05) is 12.1 Å². The number of sulfonamides is 1. The quantitative estimate of drug-likeness (QED) is 0.855. The van der Waals surface area contributed by atoms with Gasteiger partial charge in [0.1, 0.15) is 0 Å². The molecule has 0 saturated heterocycles. The molecule has 1 N–H and O–H groups in total. The molecule has 0 aromatic heterocycles. The van der Waals surface area contributed by atoms with Gasteiger partial charge in [0.05, 0.1) is 5.75 Å². The topological polar surface area (TPSA) is 46.2 Å². The van der Waals surface area contributed by atoms with Crippen molar-refractivity contribution in [3.05, 3.63) is 34.9 Å². The molecule has 0 atom stereocenters. The third-order valence-electron chi connectivity index (χ3n) is 1.86. The SMILES string of the molecule is CNS(=O)(=O)CCc1cccc(Cl)c1. The Morgan fingerprint density at radius 2 is 2.14 bits per heavy atom. The van der Waals surface area contributed by atoms with Gasteiger partial charge in [0.2, 0.25) is 10.0 Å². The van der Waals surface area contributed by atoms with Crippen LogP contribution in [0.4, 0.5) is 0 Å². The summed E-state index contributed by atoms with van der Waals surface area (Å²) in [4.78, 5) is 0. The largest absolute Gasteiger partial charge is 0.218 e. The van der Waals surface area contributed by atoms with Crippen LogP contribution in [-0.4, -0.2) is 21.2 Å². The molecular formula is C9H12ClNO2S. The second kappa shape index (κ2) is 4.77. The molecule has 0 fully saturated rings. The first-order valence-corrected chi connectivity index (χ1v) is 6.22. The highest BCUT2D eigenvalue weighted by Crippen LogP contribution is 2.11. The van der Waals surface area contributed by atoms with Gasteiger partial charge >= 0.3 is 0 Å². The first-order chi connectivity index (χ1) is 6.53. The number of hydrogen-bond donors (Lipinski definition) is 1. The maximum absolute atomic E-state index is 11.1. The molecule has 0 aliphatic rings. The summed E-state index contributed by atoms with van der Waals surface area (Å²) in [5, 5.41) is 0.629. The highest BCUT2D eigenvalue weighted by atomic mass is 35.5. The van der Waals surface area contributed by atoms with Gasteiger partial charge in [0, 0.05) is 5.02 Å². The van der Waals surface area contributed by atoms with Crippen LogP contribution in [-0.2, 0) is 16.4 Å². The fraction of sp³-hybridized carbons (Fsp3) is 0.333. The summed E-state index contributed by atoms with van der Waals surface area (Å²) < 4.78 is 24.5. The fourth-order valence-electron chi connectivity index (χ4n) is 1.05. The third kappa shape index (κ3) is 3.65. The minimum absolute atomic E-state index is 0.0871. The van der Waals surface area contributed by atoms with Crippen molar-refractivity contribution in [1.29, 1.82) is 0 Å². The van der Waals surface area contributed by atoms with Gasteiger partial charge < -0.3 is 0 Å². The number of nitrogens with one attached hydrogen (secondary N) is 1. The molecule has 5 heteroatoms. The summed E-state index contributed by atoms with van der Waals surface area (Å²) in [5.74, 6) is 0.0871. The Balaban J connectivity index is 2.63. The van der Waals surface area contributed by atoms with Crippen molar-refractivity contribution in [2.75, 3.05) is 12.8 Å². The first kappa shape index (κ1) is 11.5. The average Bonchev–Trinajstić information content (AvgIpc) is 2.15. The average molecular weight is 234 g/mol. The molecular weight excluding hydrogens is 222 g/mol. The number of halogens is 1. The van der Waals surface area contributed by atoms with Crippen LogP contribution in [0.1, 0.15) is 5.56 Å². The molecule has 1 aromatic carbocycles. The molecule has 78 valence electrons. The van der Waals surface area contributed by atoms with E-state index in [1.54, 1.807) is 12.1 Å². The van der Waals surface area contributed by atoms with Crippen LogP contribution < -0.4 is 4.72 Å². The smallest absolute Gasteiger partial charge is 0.211 e. The van der Waals surface area contributed by atoms with Crippen molar-refractivity contribution in [1.82, 2.24) is 4.72 Å². The van der Waals surface area contributed by atoms with Gasteiger partial charge in [-0.1, -0.05) is 23.7 Å². The van der Waals surface area contributed by atoms with E-state index in [1.165, 1.54) is 7.05 Å². The molecule has 14 heavy (non-hydrogen) atoms. The highest BCUT2D eigenvalue weighted by molar-refractivity contribution is 7.89. The van der Waals surface area contributed by atoms with Crippen molar-refractivity contribution >= 4 is 21.6 Å².